The molecule has 7 N–H and O–H groups in total. The van der Waals surface area contributed by atoms with Crippen LogP contribution in [0.25, 0.3) is 0 Å². The van der Waals surface area contributed by atoms with Gasteiger partial charge in [-0.3, -0.25) is 19.2 Å². The summed E-state index contributed by atoms with van der Waals surface area (Å²) < 4.78 is 0. The molecule has 0 saturated carbocycles. The molecule has 3 atom stereocenters. The molecule has 0 aliphatic carbocycles. The molecule has 0 radical (unpaired) electrons. The minimum Gasteiger partial charge on any atom is -0.481 e. The third-order valence-corrected chi connectivity index (χ3v) is 4.00. The molecule has 0 bridgehead atoms. The molecule has 0 spiro atoms. The lowest BCUT2D eigenvalue weighted by atomic mass is 10.1. The van der Waals surface area contributed by atoms with Crippen LogP contribution in [-0.4, -0.2) is 76.6 Å². The molecule has 0 aromatic heterocycles. The topological polar surface area (TPSA) is 188 Å². The van der Waals surface area contributed by atoms with E-state index in [9.17, 15) is 24.0 Å². The molecule has 12 heteroatoms. The van der Waals surface area contributed by atoms with E-state index >= 15 is 0 Å². The fourth-order valence-electron chi connectivity index (χ4n) is 1.88. The lowest BCUT2D eigenvalue weighted by Crippen LogP contribution is -2.53. The Hall–Kier alpha value is -2.34. The lowest BCUT2D eigenvalue weighted by Gasteiger charge is -2.21. The number of thioether (sulfide) groups is 1. The number of carboxylic acid groups (broad SMARTS) is 2. The summed E-state index contributed by atoms with van der Waals surface area (Å²) >= 11 is 1.42. The Morgan fingerprint density at radius 1 is 1.00 bits per heavy atom. The van der Waals surface area contributed by atoms with Gasteiger partial charge < -0.3 is 31.9 Å². The van der Waals surface area contributed by atoms with Crippen LogP contribution in [0.1, 0.15) is 26.2 Å². The highest BCUT2D eigenvalue weighted by atomic mass is 32.2. The molecule has 154 valence electrons. The first kappa shape index (κ1) is 24.7. The number of hydrogen-bond donors (Lipinski definition) is 6. The Labute approximate surface area is 160 Å². The van der Waals surface area contributed by atoms with Gasteiger partial charge in [0.15, 0.2) is 0 Å². The molecule has 0 aromatic rings. The number of carbonyl (C=O) groups is 5. The maximum absolute atomic E-state index is 12.3. The molecular weight excluding hydrogens is 380 g/mol. The van der Waals surface area contributed by atoms with E-state index in [1.54, 1.807) is 6.26 Å². The van der Waals surface area contributed by atoms with E-state index in [1.807, 2.05) is 0 Å². The summed E-state index contributed by atoms with van der Waals surface area (Å²) in [4.78, 5) is 57.4. The summed E-state index contributed by atoms with van der Waals surface area (Å²) in [7, 11) is 0. The second kappa shape index (κ2) is 12.9. The molecule has 0 rings (SSSR count). The van der Waals surface area contributed by atoms with Crippen LogP contribution < -0.4 is 21.7 Å². The first-order valence-corrected chi connectivity index (χ1v) is 9.54. The van der Waals surface area contributed by atoms with E-state index in [4.69, 9.17) is 15.9 Å². The Bertz CT molecular complexity index is 556. The third kappa shape index (κ3) is 11.1. The Morgan fingerprint density at radius 3 is 2.11 bits per heavy atom. The summed E-state index contributed by atoms with van der Waals surface area (Å²) in [6.07, 6.45) is 1.31. The average Bonchev–Trinajstić information content (AvgIpc) is 2.58. The van der Waals surface area contributed by atoms with Crippen LogP contribution in [0.3, 0.4) is 0 Å². The smallest absolute Gasteiger partial charge is 0.326 e. The monoisotopic (exact) mass is 406 g/mol. The Morgan fingerprint density at radius 2 is 1.63 bits per heavy atom. The molecule has 27 heavy (non-hydrogen) atoms. The van der Waals surface area contributed by atoms with E-state index in [-0.39, 0.29) is 19.4 Å². The van der Waals surface area contributed by atoms with Gasteiger partial charge in [0.1, 0.15) is 12.1 Å². The molecule has 0 aliphatic heterocycles. The normalized spacial score (nSPS) is 13.7. The number of nitrogens with one attached hydrogen (secondary N) is 3. The van der Waals surface area contributed by atoms with Gasteiger partial charge in [0.25, 0.3) is 0 Å². The summed E-state index contributed by atoms with van der Waals surface area (Å²) in [5.74, 6) is -3.96. The summed E-state index contributed by atoms with van der Waals surface area (Å²) in [6.45, 7) is 1.07. The molecule has 0 fully saturated rings. The van der Waals surface area contributed by atoms with Crippen LogP contribution in [0.2, 0.25) is 0 Å². The van der Waals surface area contributed by atoms with Crippen LogP contribution in [0.5, 0.6) is 0 Å². The van der Waals surface area contributed by atoms with Gasteiger partial charge in [-0.05, 0) is 31.8 Å². The number of nitrogens with two attached hydrogens (primary N) is 1. The molecule has 11 nitrogen and oxygen atoms in total. The predicted molar refractivity (Wildman–Crippen MR) is 98.0 cm³/mol. The van der Waals surface area contributed by atoms with Gasteiger partial charge >= 0.3 is 11.9 Å². The van der Waals surface area contributed by atoms with Crippen LogP contribution in [-0.2, 0) is 24.0 Å². The summed E-state index contributed by atoms with van der Waals surface area (Å²) in [6, 6.07) is -3.21. The average molecular weight is 406 g/mol. The van der Waals surface area contributed by atoms with Crippen LogP contribution in [0.4, 0.5) is 0 Å². The second-order valence-electron chi connectivity index (χ2n) is 5.74. The first-order chi connectivity index (χ1) is 12.6. The Kier molecular flexibility index (Phi) is 11.8. The van der Waals surface area contributed by atoms with Crippen LogP contribution in [0, 0.1) is 0 Å². The maximum atomic E-state index is 12.3. The quantitative estimate of drug-likeness (QED) is 0.203. The van der Waals surface area contributed by atoms with Crippen molar-refractivity contribution in [2.75, 3.05) is 18.6 Å². The fourth-order valence-corrected chi connectivity index (χ4v) is 2.35. The minimum atomic E-state index is -1.39. The molecule has 0 aromatic carbocycles. The zero-order chi connectivity index (χ0) is 21.0. The first-order valence-electron chi connectivity index (χ1n) is 8.15. The van der Waals surface area contributed by atoms with Gasteiger partial charge in [-0.1, -0.05) is 0 Å². The van der Waals surface area contributed by atoms with Gasteiger partial charge in [-0.15, -0.1) is 0 Å². The molecular formula is C15H26N4O7S. The van der Waals surface area contributed by atoms with Gasteiger partial charge in [0.05, 0.1) is 12.6 Å². The second-order valence-corrected chi connectivity index (χ2v) is 6.73. The molecule has 3 amide bonds. The van der Waals surface area contributed by atoms with Gasteiger partial charge in [-0.25, -0.2) is 4.79 Å². The number of aliphatic carboxylic acids is 2. The number of rotatable bonds is 13. The van der Waals surface area contributed by atoms with E-state index < -0.39 is 54.2 Å². The molecule has 0 aliphatic rings. The Balaban J connectivity index is 4.85. The summed E-state index contributed by atoms with van der Waals surface area (Å²) in [5.41, 5.74) is 5.36. The van der Waals surface area contributed by atoms with Crippen LogP contribution in [0.15, 0.2) is 0 Å². The lowest BCUT2D eigenvalue weighted by molar-refractivity contribution is -0.143. The number of carbonyl (C=O) groups excluding carboxylic acids is 3. The van der Waals surface area contributed by atoms with Crippen molar-refractivity contribution >= 4 is 41.4 Å². The van der Waals surface area contributed by atoms with E-state index in [2.05, 4.69) is 16.0 Å². The van der Waals surface area contributed by atoms with Crippen LogP contribution >= 0.6 is 11.8 Å². The molecule has 3 unspecified atom stereocenters. The molecule has 0 saturated heterocycles. The zero-order valence-corrected chi connectivity index (χ0v) is 16.0. The van der Waals surface area contributed by atoms with Crippen molar-refractivity contribution in [2.24, 2.45) is 5.73 Å². The van der Waals surface area contributed by atoms with E-state index in [1.165, 1.54) is 18.7 Å². The van der Waals surface area contributed by atoms with E-state index in [0.717, 1.165) is 0 Å². The summed E-state index contributed by atoms with van der Waals surface area (Å²) in [5, 5.41) is 24.7. The number of hydrogen-bond acceptors (Lipinski definition) is 7. The van der Waals surface area contributed by atoms with Crippen molar-refractivity contribution in [3.05, 3.63) is 0 Å². The van der Waals surface area contributed by atoms with Gasteiger partial charge in [0, 0.05) is 6.42 Å². The largest absolute Gasteiger partial charge is 0.481 e. The van der Waals surface area contributed by atoms with Crippen molar-refractivity contribution in [1.29, 1.82) is 0 Å². The standard InChI is InChI=1S/C15H26N4O7S/c1-8(16)13(23)17-7-11(20)18-9(5-6-27-2)14(24)19-10(15(25)26)3-4-12(21)22/h8-10H,3-7,16H2,1-2H3,(H,17,23)(H,18,20)(H,19,24)(H,21,22)(H,25,26). The van der Waals surface area contributed by atoms with Gasteiger partial charge in [0.2, 0.25) is 17.7 Å². The fraction of sp³-hybridized carbons (Fsp3) is 0.667. The highest BCUT2D eigenvalue weighted by Crippen LogP contribution is 2.04. The SMILES string of the molecule is CSCCC(NC(=O)CNC(=O)C(C)N)C(=O)NC(CCC(=O)O)C(=O)O. The van der Waals surface area contributed by atoms with E-state index in [0.29, 0.717) is 5.75 Å². The van der Waals surface area contributed by atoms with Crippen molar-refractivity contribution in [2.45, 2.75) is 44.3 Å². The van der Waals surface area contributed by atoms with Crippen molar-refractivity contribution < 1.29 is 34.2 Å². The van der Waals surface area contributed by atoms with Crippen molar-refractivity contribution in [3.8, 4) is 0 Å². The van der Waals surface area contributed by atoms with Gasteiger partial charge in [-0.2, -0.15) is 11.8 Å². The zero-order valence-electron chi connectivity index (χ0n) is 15.2. The van der Waals surface area contributed by atoms with Crippen molar-refractivity contribution in [1.82, 2.24) is 16.0 Å². The third-order valence-electron chi connectivity index (χ3n) is 3.36. The minimum absolute atomic E-state index is 0.227. The highest BCUT2D eigenvalue weighted by molar-refractivity contribution is 7.98. The predicted octanol–water partition coefficient (Wildman–Crippen LogP) is -1.88. The number of amides is 3. The number of carboxylic acids is 2. The van der Waals surface area contributed by atoms with Crippen molar-refractivity contribution in [3.63, 3.8) is 0 Å². The highest BCUT2D eigenvalue weighted by Gasteiger charge is 2.26. The maximum Gasteiger partial charge on any atom is 0.326 e. The molecule has 0 heterocycles.